The standard InChI is InChI=1S/C34H34ClN5O3/c1-18-21-10-12-26(18)40(17-21)34(42)22-13-25-31(29(15-22)43-3)38(2)33(37-25)27-14-20-9-11-24(23-5-4-6-28(41)30(23)35)36-32(20)39(27)16-19-7-8-19/h4-6,9,11,13-15,18-19,21,26,41H,7-8,10,12,16-17H2,1-3H3/t18-,21?,26?/m1/s1. The number of aromatic nitrogens is 4. The van der Waals surface area contributed by atoms with Gasteiger partial charge in [0.25, 0.3) is 5.91 Å². The van der Waals surface area contributed by atoms with E-state index in [1.54, 1.807) is 19.2 Å². The van der Waals surface area contributed by atoms with Crippen molar-refractivity contribution < 1.29 is 14.6 Å². The number of pyridine rings is 1. The molecule has 3 aliphatic rings. The lowest BCUT2D eigenvalue weighted by molar-refractivity contribution is 0.0696. The summed E-state index contributed by atoms with van der Waals surface area (Å²) in [6, 6.07) is 15.5. The molecule has 4 heterocycles. The molecule has 8 nitrogen and oxygen atoms in total. The van der Waals surface area contributed by atoms with Crippen molar-refractivity contribution in [1.29, 1.82) is 0 Å². The maximum absolute atomic E-state index is 13.7. The second kappa shape index (κ2) is 9.74. The largest absolute Gasteiger partial charge is 0.506 e. The van der Waals surface area contributed by atoms with Crippen LogP contribution in [0.25, 0.3) is 44.8 Å². The highest BCUT2D eigenvalue weighted by Gasteiger charge is 2.46. The van der Waals surface area contributed by atoms with Crippen molar-refractivity contribution in [3.63, 3.8) is 0 Å². The summed E-state index contributed by atoms with van der Waals surface area (Å²) in [6.45, 7) is 3.95. The first-order valence-corrected chi connectivity index (χ1v) is 15.5. The molecule has 2 unspecified atom stereocenters. The zero-order valence-electron chi connectivity index (χ0n) is 24.5. The molecule has 2 aliphatic carbocycles. The Labute approximate surface area is 254 Å². The fourth-order valence-electron chi connectivity index (χ4n) is 7.45. The molecule has 1 saturated heterocycles. The molecule has 8 rings (SSSR count). The van der Waals surface area contributed by atoms with Gasteiger partial charge in [0, 0.05) is 42.7 Å². The Hall–Kier alpha value is -4.04. The van der Waals surface area contributed by atoms with Gasteiger partial charge in [-0.3, -0.25) is 4.79 Å². The van der Waals surface area contributed by atoms with E-state index in [0.717, 1.165) is 53.1 Å². The number of carbonyl (C=O) groups is 1. The fourth-order valence-corrected chi connectivity index (χ4v) is 7.67. The summed E-state index contributed by atoms with van der Waals surface area (Å²) >= 11 is 6.46. The summed E-state index contributed by atoms with van der Waals surface area (Å²) in [7, 11) is 3.65. The van der Waals surface area contributed by atoms with Crippen LogP contribution < -0.4 is 4.74 Å². The van der Waals surface area contributed by atoms with Crippen molar-refractivity contribution in [3.8, 4) is 34.3 Å². The van der Waals surface area contributed by atoms with Gasteiger partial charge in [-0.1, -0.05) is 30.7 Å². The number of phenolic OH excluding ortho intramolecular Hbond substituents is 1. The van der Waals surface area contributed by atoms with Gasteiger partial charge in [-0.2, -0.15) is 0 Å². The molecule has 9 heteroatoms. The van der Waals surface area contributed by atoms with Gasteiger partial charge in [0.1, 0.15) is 22.7 Å². The number of imidazole rings is 1. The smallest absolute Gasteiger partial charge is 0.254 e. The lowest BCUT2D eigenvalue weighted by Crippen LogP contribution is -2.38. The first-order chi connectivity index (χ1) is 20.8. The Morgan fingerprint density at radius 2 is 1.93 bits per heavy atom. The minimum atomic E-state index is 0.0355. The number of ether oxygens (including phenoxy) is 1. The van der Waals surface area contributed by atoms with Crippen molar-refractivity contribution in [1.82, 2.24) is 24.0 Å². The Morgan fingerprint density at radius 3 is 2.65 bits per heavy atom. The lowest BCUT2D eigenvalue weighted by atomic mass is 10.0. The zero-order chi connectivity index (χ0) is 29.6. The highest BCUT2D eigenvalue weighted by Crippen LogP contribution is 2.44. The quantitative estimate of drug-likeness (QED) is 0.231. The van der Waals surface area contributed by atoms with Crippen molar-refractivity contribution in [2.45, 2.75) is 45.2 Å². The van der Waals surface area contributed by atoms with E-state index in [2.05, 4.69) is 33.1 Å². The van der Waals surface area contributed by atoms with Gasteiger partial charge in [-0.05, 0) is 79.8 Å². The molecule has 3 atom stereocenters. The fraction of sp³-hybridized carbons (Fsp3) is 0.382. The third-order valence-electron chi connectivity index (χ3n) is 10.0. The van der Waals surface area contributed by atoms with Crippen LogP contribution >= 0.6 is 11.6 Å². The molecule has 2 aromatic carbocycles. The molecule has 1 amide bonds. The van der Waals surface area contributed by atoms with Crippen LogP contribution in [0.4, 0.5) is 0 Å². The van der Waals surface area contributed by atoms with E-state index in [4.69, 9.17) is 26.3 Å². The Bertz CT molecular complexity index is 1940. The van der Waals surface area contributed by atoms with Crippen LogP contribution in [0.1, 0.15) is 43.0 Å². The number of fused-ring (bicyclic) bond motifs is 4. The molecule has 43 heavy (non-hydrogen) atoms. The number of hydrogen-bond donors (Lipinski definition) is 1. The van der Waals surface area contributed by atoms with Crippen molar-refractivity contribution in [2.24, 2.45) is 24.8 Å². The number of amides is 1. The summed E-state index contributed by atoms with van der Waals surface area (Å²) in [5, 5.41) is 11.5. The second-order valence-corrected chi connectivity index (χ2v) is 13.0. The maximum Gasteiger partial charge on any atom is 0.254 e. The number of halogens is 1. The van der Waals surface area contributed by atoms with Crippen LogP contribution in [-0.4, -0.2) is 54.7 Å². The second-order valence-electron chi connectivity index (χ2n) is 12.6. The van der Waals surface area contributed by atoms with Gasteiger partial charge >= 0.3 is 0 Å². The monoisotopic (exact) mass is 595 g/mol. The SMILES string of the molecule is COc1cc(C(=O)N2CC3CCC2[C@@H]3C)cc2nc(-c3cc4ccc(-c5cccc(O)c5Cl)nc4n3CC3CC3)n(C)c12. The first-order valence-electron chi connectivity index (χ1n) is 15.2. The summed E-state index contributed by atoms with van der Waals surface area (Å²) in [5.74, 6) is 3.29. The van der Waals surface area contributed by atoms with Gasteiger partial charge in [0.2, 0.25) is 0 Å². The number of hydrogen-bond acceptors (Lipinski definition) is 5. The predicted octanol–water partition coefficient (Wildman–Crippen LogP) is 6.91. The molecular formula is C34H34ClN5O3. The van der Waals surface area contributed by atoms with Crippen LogP contribution in [0.2, 0.25) is 5.02 Å². The number of carbonyl (C=O) groups excluding carboxylic acids is 1. The summed E-state index contributed by atoms with van der Waals surface area (Å²) in [4.78, 5) is 26.0. The Balaban J connectivity index is 1.25. The summed E-state index contributed by atoms with van der Waals surface area (Å²) < 4.78 is 10.2. The molecule has 3 fully saturated rings. The minimum Gasteiger partial charge on any atom is -0.506 e. The molecule has 220 valence electrons. The van der Waals surface area contributed by atoms with Crippen molar-refractivity contribution >= 4 is 39.6 Å². The highest BCUT2D eigenvalue weighted by molar-refractivity contribution is 6.34. The van der Waals surface area contributed by atoms with Crippen LogP contribution in [0, 0.1) is 17.8 Å². The van der Waals surface area contributed by atoms with Crippen molar-refractivity contribution in [3.05, 3.63) is 59.1 Å². The van der Waals surface area contributed by atoms with Crippen LogP contribution in [0.3, 0.4) is 0 Å². The molecule has 2 saturated carbocycles. The molecule has 2 bridgehead atoms. The zero-order valence-corrected chi connectivity index (χ0v) is 25.3. The molecule has 5 aromatic rings. The topological polar surface area (TPSA) is 85.4 Å². The van der Waals surface area contributed by atoms with Gasteiger partial charge < -0.3 is 23.9 Å². The summed E-state index contributed by atoms with van der Waals surface area (Å²) in [5.41, 5.74) is 5.43. The van der Waals surface area contributed by atoms with Gasteiger partial charge in [-0.25, -0.2) is 9.97 Å². The van der Waals surface area contributed by atoms with Crippen LogP contribution in [0.5, 0.6) is 11.5 Å². The number of likely N-dealkylation sites (tertiary alicyclic amines) is 1. The number of aryl methyl sites for hydroxylation is 1. The van der Waals surface area contributed by atoms with Crippen molar-refractivity contribution in [2.75, 3.05) is 13.7 Å². The molecule has 3 aromatic heterocycles. The van der Waals surface area contributed by atoms with Gasteiger partial charge in [0.15, 0.2) is 5.82 Å². The molecular weight excluding hydrogens is 562 g/mol. The van der Waals surface area contributed by atoms with E-state index < -0.39 is 0 Å². The van der Waals surface area contributed by atoms with E-state index in [1.165, 1.54) is 19.3 Å². The van der Waals surface area contributed by atoms with Gasteiger partial charge in [-0.15, -0.1) is 0 Å². The Morgan fingerprint density at radius 1 is 1.09 bits per heavy atom. The van der Waals surface area contributed by atoms with Gasteiger partial charge in [0.05, 0.1) is 29.0 Å². The normalized spacial score (nSPS) is 21.4. The number of benzene rings is 2. The molecule has 0 spiro atoms. The summed E-state index contributed by atoms with van der Waals surface area (Å²) in [6.07, 6.45) is 4.68. The number of piperidine rings is 1. The van der Waals surface area contributed by atoms with Crippen LogP contribution in [-0.2, 0) is 13.6 Å². The number of nitrogens with zero attached hydrogens (tertiary/aromatic N) is 5. The molecule has 0 radical (unpaired) electrons. The Kier molecular flexibility index (Phi) is 6.02. The van der Waals surface area contributed by atoms with E-state index in [0.29, 0.717) is 51.4 Å². The molecule has 1 aliphatic heterocycles. The van der Waals surface area contributed by atoms with E-state index >= 15 is 0 Å². The first kappa shape index (κ1) is 26.6. The number of methoxy groups -OCH3 is 1. The minimum absolute atomic E-state index is 0.0355. The third kappa shape index (κ3) is 4.13. The predicted molar refractivity (Wildman–Crippen MR) is 168 cm³/mol. The van der Waals surface area contributed by atoms with E-state index in [-0.39, 0.29) is 11.7 Å². The average molecular weight is 596 g/mol. The van der Waals surface area contributed by atoms with Crippen LogP contribution in [0.15, 0.2) is 48.5 Å². The number of phenols is 1. The number of aromatic hydroxyl groups is 1. The highest BCUT2D eigenvalue weighted by atomic mass is 35.5. The lowest BCUT2D eigenvalue weighted by Gasteiger charge is -2.27. The average Bonchev–Trinajstić information content (AvgIpc) is 3.42. The maximum atomic E-state index is 13.7. The molecule has 1 N–H and O–H groups in total. The van der Waals surface area contributed by atoms with E-state index in [9.17, 15) is 9.90 Å². The van der Waals surface area contributed by atoms with E-state index in [1.807, 2.05) is 31.3 Å². The third-order valence-corrected chi connectivity index (χ3v) is 10.4. The number of rotatable bonds is 6.